The predicted molar refractivity (Wildman–Crippen MR) is 107 cm³/mol. The van der Waals surface area contributed by atoms with E-state index in [1.54, 1.807) is 12.1 Å². The van der Waals surface area contributed by atoms with Gasteiger partial charge >= 0.3 is 0 Å². The van der Waals surface area contributed by atoms with Crippen molar-refractivity contribution in [2.45, 2.75) is 19.3 Å². The Bertz CT molecular complexity index is 780. The molecule has 0 aromatic heterocycles. The van der Waals surface area contributed by atoms with Gasteiger partial charge in [-0.05, 0) is 55.6 Å². The van der Waals surface area contributed by atoms with Crippen LogP contribution in [-0.4, -0.2) is 42.9 Å². The predicted octanol–water partition coefficient (Wildman–Crippen LogP) is 2.84. The number of nitrogens with one attached hydrogen (secondary N) is 2. The van der Waals surface area contributed by atoms with Gasteiger partial charge in [0.2, 0.25) is 11.8 Å². The van der Waals surface area contributed by atoms with Gasteiger partial charge in [-0.25, -0.2) is 4.39 Å². The normalized spacial score (nSPS) is 17.1. The highest BCUT2D eigenvalue weighted by Crippen LogP contribution is 2.18. The van der Waals surface area contributed by atoms with Crippen molar-refractivity contribution in [1.82, 2.24) is 10.2 Å². The van der Waals surface area contributed by atoms with Gasteiger partial charge in [-0.1, -0.05) is 30.3 Å². The molecular formula is C22H26FN3O2. The molecule has 148 valence electrons. The number of rotatable bonds is 7. The van der Waals surface area contributed by atoms with Gasteiger partial charge in [-0.2, -0.15) is 0 Å². The Morgan fingerprint density at radius 2 is 1.82 bits per heavy atom. The number of hydrogen-bond donors (Lipinski definition) is 2. The van der Waals surface area contributed by atoms with Crippen molar-refractivity contribution >= 4 is 17.5 Å². The lowest BCUT2D eigenvalue weighted by Crippen LogP contribution is -2.45. The molecular weight excluding hydrogens is 357 g/mol. The topological polar surface area (TPSA) is 61.4 Å². The maximum Gasteiger partial charge on any atom is 0.234 e. The van der Waals surface area contributed by atoms with Crippen LogP contribution in [0.3, 0.4) is 0 Å². The SMILES string of the molecule is O=C(CN1CCCC(C(=O)Nc2ccccc2)C1)NCCc1ccc(F)cc1. The quantitative estimate of drug-likeness (QED) is 0.773. The molecule has 1 fully saturated rings. The number of anilines is 1. The van der Waals surface area contributed by atoms with Crippen LogP contribution in [0.25, 0.3) is 0 Å². The van der Waals surface area contributed by atoms with E-state index in [1.807, 2.05) is 35.2 Å². The lowest BCUT2D eigenvalue weighted by molar-refractivity contribution is -0.125. The maximum absolute atomic E-state index is 12.9. The molecule has 1 saturated heterocycles. The van der Waals surface area contributed by atoms with Crippen LogP contribution < -0.4 is 10.6 Å². The fourth-order valence-electron chi connectivity index (χ4n) is 3.44. The van der Waals surface area contributed by atoms with Gasteiger partial charge in [0.1, 0.15) is 5.82 Å². The van der Waals surface area contributed by atoms with Crippen LogP contribution in [0.2, 0.25) is 0 Å². The number of hydrogen-bond acceptors (Lipinski definition) is 3. The Balaban J connectivity index is 1.40. The summed E-state index contributed by atoms with van der Waals surface area (Å²) < 4.78 is 12.9. The van der Waals surface area contributed by atoms with Crippen LogP contribution >= 0.6 is 0 Å². The standard InChI is InChI=1S/C22H26FN3O2/c23-19-10-8-17(9-11-19)12-13-24-21(27)16-26-14-4-5-18(15-26)22(28)25-20-6-2-1-3-7-20/h1-3,6-11,18H,4-5,12-16H2,(H,24,27)(H,25,28). The van der Waals surface area contributed by atoms with E-state index < -0.39 is 0 Å². The summed E-state index contributed by atoms with van der Waals surface area (Å²) in [6.07, 6.45) is 2.39. The molecule has 6 heteroatoms. The van der Waals surface area contributed by atoms with Crippen LogP contribution in [0.15, 0.2) is 54.6 Å². The highest BCUT2D eigenvalue weighted by Gasteiger charge is 2.26. The molecule has 0 spiro atoms. The molecule has 0 radical (unpaired) electrons. The third-order valence-electron chi connectivity index (χ3n) is 4.93. The molecule has 0 saturated carbocycles. The van der Waals surface area contributed by atoms with E-state index in [0.717, 1.165) is 30.6 Å². The van der Waals surface area contributed by atoms with E-state index in [2.05, 4.69) is 10.6 Å². The van der Waals surface area contributed by atoms with Crippen molar-refractivity contribution in [3.05, 3.63) is 66.0 Å². The van der Waals surface area contributed by atoms with Crippen LogP contribution in [0.5, 0.6) is 0 Å². The summed E-state index contributed by atoms with van der Waals surface area (Å²) in [6.45, 7) is 2.21. The molecule has 1 aliphatic heterocycles. The van der Waals surface area contributed by atoms with Crippen LogP contribution in [0.4, 0.5) is 10.1 Å². The van der Waals surface area contributed by atoms with Crippen molar-refractivity contribution in [3.8, 4) is 0 Å². The highest BCUT2D eigenvalue weighted by molar-refractivity contribution is 5.92. The monoisotopic (exact) mass is 383 g/mol. The lowest BCUT2D eigenvalue weighted by atomic mass is 9.97. The number of para-hydroxylation sites is 1. The molecule has 2 amide bonds. The molecule has 2 aromatic carbocycles. The Hall–Kier alpha value is -2.73. The van der Waals surface area contributed by atoms with Gasteiger partial charge < -0.3 is 10.6 Å². The second-order valence-electron chi connectivity index (χ2n) is 7.16. The van der Waals surface area contributed by atoms with Crippen LogP contribution in [0, 0.1) is 11.7 Å². The summed E-state index contributed by atoms with van der Waals surface area (Å²) >= 11 is 0. The number of nitrogens with zero attached hydrogens (tertiary/aromatic N) is 1. The van der Waals surface area contributed by atoms with E-state index in [-0.39, 0.29) is 23.5 Å². The van der Waals surface area contributed by atoms with Gasteiger partial charge in [0.05, 0.1) is 12.5 Å². The summed E-state index contributed by atoms with van der Waals surface area (Å²) in [6, 6.07) is 15.7. The van der Waals surface area contributed by atoms with Crippen molar-refractivity contribution in [1.29, 1.82) is 0 Å². The second-order valence-corrected chi connectivity index (χ2v) is 7.16. The molecule has 0 bridgehead atoms. The number of amides is 2. The fourth-order valence-corrected chi connectivity index (χ4v) is 3.44. The molecule has 0 aliphatic carbocycles. The van der Waals surface area contributed by atoms with Gasteiger partial charge in [-0.15, -0.1) is 0 Å². The Labute approximate surface area is 164 Å². The Morgan fingerprint density at radius 1 is 1.07 bits per heavy atom. The first kappa shape index (κ1) is 20.0. The number of carbonyl (C=O) groups is 2. The third kappa shape index (κ3) is 6.16. The van der Waals surface area contributed by atoms with E-state index in [0.29, 0.717) is 26.1 Å². The Kier molecular flexibility index (Phi) is 7.14. The average Bonchev–Trinajstić information content (AvgIpc) is 2.70. The molecule has 28 heavy (non-hydrogen) atoms. The zero-order valence-corrected chi connectivity index (χ0v) is 15.9. The van der Waals surface area contributed by atoms with Gasteiger partial charge in [0.15, 0.2) is 0 Å². The smallest absolute Gasteiger partial charge is 0.234 e. The second kappa shape index (κ2) is 9.99. The first-order valence-electron chi connectivity index (χ1n) is 9.69. The number of piperidine rings is 1. The van der Waals surface area contributed by atoms with Crippen molar-refractivity contribution in [2.75, 3.05) is 31.5 Å². The average molecular weight is 383 g/mol. The van der Waals surface area contributed by atoms with Gasteiger partial charge in [0, 0.05) is 18.8 Å². The summed E-state index contributed by atoms with van der Waals surface area (Å²) in [5.41, 5.74) is 1.78. The molecule has 1 unspecified atom stereocenters. The summed E-state index contributed by atoms with van der Waals surface area (Å²) in [7, 11) is 0. The van der Waals surface area contributed by atoms with E-state index >= 15 is 0 Å². The van der Waals surface area contributed by atoms with Crippen LogP contribution in [0.1, 0.15) is 18.4 Å². The summed E-state index contributed by atoms with van der Waals surface area (Å²) in [5, 5.41) is 5.85. The zero-order valence-electron chi connectivity index (χ0n) is 15.9. The molecule has 1 aliphatic rings. The highest BCUT2D eigenvalue weighted by atomic mass is 19.1. The first-order chi connectivity index (χ1) is 13.6. The minimum atomic E-state index is -0.260. The minimum absolute atomic E-state index is 0.00705. The van der Waals surface area contributed by atoms with E-state index in [9.17, 15) is 14.0 Å². The molecule has 3 rings (SSSR count). The molecule has 2 aromatic rings. The number of carbonyl (C=O) groups excluding carboxylic acids is 2. The maximum atomic E-state index is 12.9. The minimum Gasteiger partial charge on any atom is -0.355 e. The van der Waals surface area contributed by atoms with Crippen molar-refractivity contribution in [2.24, 2.45) is 5.92 Å². The molecule has 1 atom stereocenters. The molecule has 1 heterocycles. The van der Waals surface area contributed by atoms with Gasteiger partial charge in [-0.3, -0.25) is 14.5 Å². The van der Waals surface area contributed by atoms with Gasteiger partial charge in [0.25, 0.3) is 0 Å². The fraction of sp³-hybridized carbons (Fsp3) is 0.364. The third-order valence-corrected chi connectivity index (χ3v) is 4.93. The number of halogens is 1. The summed E-state index contributed by atoms with van der Waals surface area (Å²) in [5.74, 6) is -0.413. The number of benzene rings is 2. The van der Waals surface area contributed by atoms with Crippen molar-refractivity contribution < 1.29 is 14.0 Å². The molecule has 2 N–H and O–H groups in total. The first-order valence-corrected chi connectivity index (χ1v) is 9.69. The molecule has 5 nitrogen and oxygen atoms in total. The Morgan fingerprint density at radius 3 is 2.57 bits per heavy atom. The zero-order chi connectivity index (χ0) is 19.8. The number of likely N-dealkylation sites (tertiary alicyclic amines) is 1. The summed E-state index contributed by atoms with van der Waals surface area (Å²) in [4.78, 5) is 26.7. The van der Waals surface area contributed by atoms with E-state index in [4.69, 9.17) is 0 Å². The van der Waals surface area contributed by atoms with E-state index in [1.165, 1.54) is 12.1 Å². The lowest BCUT2D eigenvalue weighted by Gasteiger charge is -2.31. The van der Waals surface area contributed by atoms with Crippen molar-refractivity contribution in [3.63, 3.8) is 0 Å². The van der Waals surface area contributed by atoms with Crippen LogP contribution in [-0.2, 0) is 16.0 Å². The largest absolute Gasteiger partial charge is 0.355 e.